The predicted octanol–water partition coefficient (Wildman–Crippen LogP) is 4.41. The van der Waals surface area contributed by atoms with Crippen LogP contribution >= 0.6 is 46.9 Å². The summed E-state index contributed by atoms with van der Waals surface area (Å²) in [6.07, 6.45) is 2.89. The summed E-state index contributed by atoms with van der Waals surface area (Å²) < 4.78 is 14.4. The number of nitrogens with zero attached hydrogens (tertiary/aromatic N) is 1. The lowest BCUT2D eigenvalue weighted by Gasteiger charge is -2.09. The molecule has 2 aromatic heterocycles. The molecule has 146 valence electrons. The largest absolute Gasteiger partial charge is 0.322 e. The molecule has 2 N–H and O–H groups in total. The maximum atomic E-state index is 13.1. The molecule has 0 unspecified atom stereocenters. The highest BCUT2D eigenvalue weighted by atomic mass is 35.5. The van der Waals surface area contributed by atoms with Crippen molar-refractivity contribution in [3.05, 3.63) is 60.2 Å². The third kappa shape index (κ3) is 3.76. The number of thiophene rings is 1. The molecule has 4 rings (SSSR count). The van der Waals surface area contributed by atoms with Gasteiger partial charge in [0, 0.05) is 15.7 Å². The van der Waals surface area contributed by atoms with Crippen molar-refractivity contribution in [1.29, 1.82) is 0 Å². The van der Waals surface area contributed by atoms with Crippen LogP contribution in [0.4, 0.5) is 4.39 Å². The molecule has 28 heavy (non-hydrogen) atoms. The van der Waals surface area contributed by atoms with Gasteiger partial charge in [0.1, 0.15) is 10.6 Å². The van der Waals surface area contributed by atoms with Crippen LogP contribution < -0.4 is 11.0 Å². The van der Waals surface area contributed by atoms with Gasteiger partial charge in [-0.15, -0.1) is 23.1 Å². The molecule has 0 atom stereocenters. The predicted molar refractivity (Wildman–Crippen MR) is 115 cm³/mol. The molecule has 0 spiro atoms. The number of thioether (sulfide) groups is 1. The van der Waals surface area contributed by atoms with E-state index in [1.165, 1.54) is 28.8 Å². The molecular formula is C18H15ClFN3O2S3. The maximum absolute atomic E-state index is 13.1. The summed E-state index contributed by atoms with van der Waals surface area (Å²) in [4.78, 5) is 30.2. The van der Waals surface area contributed by atoms with Crippen molar-refractivity contribution < 1.29 is 9.18 Å². The molecular weight excluding hydrogens is 441 g/mol. The van der Waals surface area contributed by atoms with Gasteiger partial charge in [0.15, 0.2) is 0 Å². The summed E-state index contributed by atoms with van der Waals surface area (Å²) in [6.45, 7) is 0. The molecule has 10 heteroatoms. The number of nitrogens with one attached hydrogen (secondary N) is 2. The molecule has 1 aromatic carbocycles. The van der Waals surface area contributed by atoms with E-state index >= 15 is 0 Å². The smallest absolute Gasteiger partial charge is 0.282 e. The van der Waals surface area contributed by atoms with Gasteiger partial charge >= 0.3 is 0 Å². The van der Waals surface area contributed by atoms with Gasteiger partial charge in [-0.25, -0.2) is 4.39 Å². The monoisotopic (exact) mass is 455 g/mol. The van der Waals surface area contributed by atoms with Crippen LogP contribution in [-0.2, 0) is 23.4 Å². The number of carbonyl (C=O) groups excluding carboxylic acids is 1. The Kier molecular flexibility index (Phi) is 5.59. The van der Waals surface area contributed by atoms with Gasteiger partial charge in [0.05, 0.1) is 11.1 Å². The lowest BCUT2D eigenvalue weighted by Crippen LogP contribution is -2.35. The highest BCUT2D eigenvalue weighted by Gasteiger charge is 2.22. The fourth-order valence-corrected chi connectivity index (χ4v) is 5.94. The van der Waals surface area contributed by atoms with Gasteiger partial charge in [-0.2, -0.15) is 4.68 Å². The Bertz CT molecular complexity index is 1200. The van der Waals surface area contributed by atoms with Crippen molar-refractivity contribution in [3.8, 4) is 0 Å². The molecule has 1 aliphatic rings. The van der Waals surface area contributed by atoms with Crippen molar-refractivity contribution in [1.82, 2.24) is 9.66 Å². The molecule has 0 aliphatic heterocycles. The first-order valence-corrected chi connectivity index (χ1v) is 11.3. The summed E-state index contributed by atoms with van der Waals surface area (Å²) in [5, 5.41) is 0.945. The van der Waals surface area contributed by atoms with Crippen molar-refractivity contribution in [2.45, 2.75) is 25.0 Å². The third-order valence-electron chi connectivity index (χ3n) is 4.50. The van der Waals surface area contributed by atoms with E-state index in [-0.39, 0.29) is 22.0 Å². The summed E-state index contributed by atoms with van der Waals surface area (Å²) >= 11 is 14.1. The van der Waals surface area contributed by atoms with Crippen LogP contribution in [0.2, 0.25) is 5.02 Å². The molecule has 0 fully saturated rings. The van der Waals surface area contributed by atoms with Crippen LogP contribution in [0.5, 0.6) is 0 Å². The molecule has 5 nitrogen and oxygen atoms in total. The van der Waals surface area contributed by atoms with E-state index in [2.05, 4.69) is 10.4 Å². The minimum atomic E-state index is -0.402. The highest BCUT2D eigenvalue weighted by molar-refractivity contribution is 7.99. The number of aromatic amines is 1. The number of benzene rings is 1. The summed E-state index contributed by atoms with van der Waals surface area (Å²) in [5.74, 6) is -0.198. The molecule has 0 saturated heterocycles. The molecule has 0 radical (unpaired) electrons. The number of halogens is 2. The van der Waals surface area contributed by atoms with E-state index in [4.69, 9.17) is 23.8 Å². The Labute approximate surface area is 177 Å². The number of amides is 1. The number of aromatic nitrogens is 2. The topological polar surface area (TPSA) is 66.9 Å². The summed E-state index contributed by atoms with van der Waals surface area (Å²) in [7, 11) is 0. The Hall–Kier alpha value is -1.68. The zero-order valence-electron chi connectivity index (χ0n) is 14.5. The zero-order chi connectivity index (χ0) is 19.8. The van der Waals surface area contributed by atoms with Crippen LogP contribution in [0.1, 0.15) is 22.4 Å². The van der Waals surface area contributed by atoms with Crippen LogP contribution in [-0.4, -0.2) is 21.3 Å². The molecule has 1 amide bonds. The van der Waals surface area contributed by atoms with E-state index in [9.17, 15) is 14.0 Å². The Balaban J connectivity index is 1.48. The van der Waals surface area contributed by atoms with Gasteiger partial charge in [-0.1, -0.05) is 17.7 Å². The lowest BCUT2D eigenvalue weighted by atomic mass is 10.2. The van der Waals surface area contributed by atoms with E-state index in [0.29, 0.717) is 16.2 Å². The number of H-pyrrole nitrogens is 1. The minimum Gasteiger partial charge on any atom is -0.322 e. The average molecular weight is 456 g/mol. The Morgan fingerprint density at radius 3 is 3.04 bits per heavy atom. The molecule has 3 aromatic rings. The number of fused-ring (bicyclic) bond motifs is 3. The van der Waals surface area contributed by atoms with Gasteiger partial charge in [0.25, 0.3) is 5.56 Å². The number of hydrogen-bond acceptors (Lipinski definition) is 5. The summed E-state index contributed by atoms with van der Waals surface area (Å²) in [5.41, 5.74) is 4.10. The van der Waals surface area contributed by atoms with Crippen molar-refractivity contribution in [3.63, 3.8) is 0 Å². The number of carbonyl (C=O) groups is 1. The van der Waals surface area contributed by atoms with Gasteiger partial charge in [-0.3, -0.25) is 15.0 Å². The van der Waals surface area contributed by atoms with E-state index in [0.717, 1.165) is 39.9 Å². The first-order chi connectivity index (χ1) is 13.4. The number of rotatable bonds is 5. The zero-order valence-corrected chi connectivity index (χ0v) is 17.7. The Morgan fingerprint density at radius 1 is 1.43 bits per heavy atom. The van der Waals surface area contributed by atoms with Gasteiger partial charge in [-0.05, 0) is 54.7 Å². The van der Waals surface area contributed by atoms with Crippen LogP contribution in [0.3, 0.4) is 0 Å². The minimum absolute atomic E-state index is 0.106. The van der Waals surface area contributed by atoms with Crippen molar-refractivity contribution in [2.24, 2.45) is 0 Å². The number of hydrogen-bond donors (Lipinski definition) is 2. The second kappa shape index (κ2) is 7.98. The quantitative estimate of drug-likeness (QED) is 0.559. The van der Waals surface area contributed by atoms with Crippen LogP contribution in [0.25, 0.3) is 10.2 Å². The first kappa shape index (κ1) is 19.6. The standard InChI is InChI=1S/C18H15ClFN3O2S3/c19-12-6-10(20)5-4-9(12)7-27-8-14(24)22-23-17(25)15-11-2-1-3-13(11)28-16(15)21-18(23)26/h4-6H,1-3,7-8H2,(H,21,26)(H,22,24). The van der Waals surface area contributed by atoms with E-state index in [1.54, 1.807) is 17.4 Å². The normalized spacial score (nSPS) is 13.1. The first-order valence-electron chi connectivity index (χ1n) is 8.55. The fourth-order valence-electron chi connectivity index (χ4n) is 3.23. The van der Waals surface area contributed by atoms with Crippen molar-refractivity contribution >= 4 is 63.0 Å². The average Bonchev–Trinajstić information content (AvgIpc) is 3.21. The van der Waals surface area contributed by atoms with E-state index < -0.39 is 5.82 Å². The SMILES string of the molecule is O=C(CSCc1ccc(F)cc1Cl)Nn1c(=S)[nH]c2sc3c(c2c1=O)CCC3. The lowest BCUT2D eigenvalue weighted by molar-refractivity contribution is -0.114. The van der Waals surface area contributed by atoms with Gasteiger partial charge < -0.3 is 4.98 Å². The maximum Gasteiger partial charge on any atom is 0.282 e. The highest BCUT2D eigenvalue weighted by Crippen LogP contribution is 2.34. The van der Waals surface area contributed by atoms with E-state index in [1.807, 2.05) is 0 Å². The molecule has 2 heterocycles. The van der Waals surface area contributed by atoms with Crippen molar-refractivity contribution in [2.75, 3.05) is 11.2 Å². The number of aryl methyl sites for hydroxylation is 2. The molecule has 1 aliphatic carbocycles. The molecule has 0 bridgehead atoms. The third-order valence-corrected chi connectivity index (χ3v) is 7.33. The Morgan fingerprint density at radius 2 is 2.25 bits per heavy atom. The van der Waals surface area contributed by atoms with Crippen LogP contribution in [0, 0.1) is 10.6 Å². The van der Waals surface area contributed by atoms with Crippen LogP contribution in [0.15, 0.2) is 23.0 Å². The second-order valence-corrected chi connectivity index (χ2v) is 9.28. The molecule has 0 saturated carbocycles. The van der Waals surface area contributed by atoms with Gasteiger partial charge in [0.2, 0.25) is 10.7 Å². The summed E-state index contributed by atoms with van der Waals surface area (Å²) in [6, 6.07) is 4.16. The second-order valence-electron chi connectivity index (χ2n) is 6.40. The fraction of sp³-hybridized carbons (Fsp3) is 0.278.